The molecule has 3 N–H and O–H groups in total. The first-order valence-electron chi connectivity index (χ1n) is 7.97. The quantitative estimate of drug-likeness (QED) is 0.702. The Morgan fingerprint density at radius 3 is 2.25 bits per heavy atom. The molecule has 2 rings (SSSR count). The molecule has 0 bridgehead atoms. The van der Waals surface area contributed by atoms with Crippen molar-refractivity contribution in [1.29, 1.82) is 0 Å². The van der Waals surface area contributed by atoms with Crippen molar-refractivity contribution in [3.8, 4) is 0 Å². The zero-order valence-corrected chi connectivity index (χ0v) is 15.1. The normalized spacial score (nSPS) is 19.8. The lowest BCUT2D eigenvalue weighted by molar-refractivity contribution is -0.121. The van der Waals surface area contributed by atoms with Crippen LogP contribution in [0, 0.1) is 5.92 Å². The molecule has 0 radical (unpaired) electrons. The highest BCUT2D eigenvalue weighted by Gasteiger charge is 2.21. The summed E-state index contributed by atoms with van der Waals surface area (Å²) >= 11 is 11.9. The molecule has 7 heteroatoms. The molecule has 1 aromatic carbocycles. The van der Waals surface area contributed by atoms with Gasteiger partial charge in [0, 0.05) is 16.1 Å². The number of carboxylic acid groups (broad SMARTS) is 2. The molecule has 0 aliphatic heterocycles. The van der Waals surface area contributed by atoms with Gasteiger partial charge in [0.1, 0.15) is 0 Å². The van der Waals surface area contributed by atoms with Crippen LogP contribution in [0.3, 0.4) is 0 Å². The monoisotopic (exact) mass is 375 g/mol. The predicted octanol–water partition coefficient (Wildman–Crippen LogP) is 4.84. The van der Waals surface area contributed by atoms with Gasteiger partial charge in [0.25, 0.3) is 0 Å². The first-order valence-corrected chi connectivity index (χ1v) is 8.72. The molecule has 1 saturated carbocycles. The molecule has 0 aromatic heterocycles. The number of hydrogen-bond donors (Lipinski definition) is 3. The fraction of sp³-hybridized carbons (Fsp3) is 0.529. The number of carbonyl (C=O) groups is 2. The Labute approximate surface area is 152 Å². The topological polar surface area (TPSA) is 86.6 Å². The SMILES string of the molecule is CCC1CCC(NC(=O)Cc2ccc(Cl)cc2Cl)CC1.O=C(O)O. The summed E-state index contributed by atoms with van der Waals surface area (Å²) in [6.45, 7) is 2.24. The van der Waals surface area contributed by atoms with Crippen molar-refractivity contribution in [3.05, 3.63) is 33.8 Å². The van der Waals surface area contributed by atoms with Crippen molar-refractivity contribution in [1.82, 2.24) is 5.32 Å². The third-order valence-electron chi connectivity index (χ3n) is 4.16. The summed E-state index contributed by atoms with van der Waals surface area (Å²) in [6, 6.07) is 5.59. The highest BCUT2D eigenvalue weighted by Crippen LogP contribution is 2.26. The third-order valence-corrected chi connectivity index (χ3v) is 4.74. The van der Waals surface area contributed by atoms with E-state index in [1.54, 1.807) is 12.1 Å². The number of amides is 1. The molecule has 0 saturated heterocycles. The molecular weight excluding hydrogens is 353 g/mol. The zero-order valence-electron chi connectivity index (χ0n) is 13.6. The molecular formula is C17H23Cl2NO4. The van der Waals surface area contributed by atoms with Crippen LogP contribution in [0.25, 0.3) is 0 Å². The maximum absolute atomic E-state index is 12.1. The van der Waals surface area contributed by atoms with Gasteiger partial charge in [0.2, 0.25) is 5.91 Å². The Morgan fingerprint density at radius 1 is 1.17 bits per heavy atom. The van der Waals surface area contributed by atoms with E-state index in [1.165, 1.54) is 19.3 Å². The van der Waals surface area contributed by atoms with E-state index in [9.17, 15) is 4.79 Å². The van der Waals surface area contributed by atoms with Crippen LogP contribution in [-0.2, 0) is 11.2 Å². The first kappa shape index (κ1) is 20.6. The number of carbonyl (C=O) groups excluding carboxylic acids is 1. The van der Waals surface area contributed by atoms with Gasteiger partial charge >= 0.3 is 6.16 Å². The average molecular weight is 376 g/mol. The van der Waals surface area contributed by atoms with Crippen LogP contribution in [-0.4, -0.2) is 28.3 Å². The Morgan fingerprint density at radius 2 is 1.75 bits per heavy atom. The van der Waals surface area contributed by atoms with Gasteiger partial charge in [0.05, 0.1) is 6.42 Å². The molecule has 1 aliphatic carbocycles. The van der Waals surface area contributed by atoms with E-state index >= 15 is 0 Å². The second-order valence-electron chi connectivity index (χ2n) is 5.89. The maximum Gasteiger partial charge on any atom is 0.503 e. The smallest absolute Gasteiger partial charge is 0.450 e. The largest absolute Gasteiger partial charge is 0.503 e. The molecule has 1 aliphatic rings. The van der Waals surface area contributed by atoms with Crippen LogP contribution >= 0.6 is 23.2 Å². The van der Waals surface area contributed by atoms with Gasteiger partial charge in [-0.25, -0.2) is 4.79 Å². The summed E-state index contributed by atoms with van der Waals surface area (Å²) in [6.07, 6.45) is 4.38. The molecule has 24 heavy (non-hydrogen) atoms. The summed E-state index contributed by atoms with van der Waals surface area (Å²) in [5.41, 5.74) is 0.829. The van der Waals surface area contributed by atoms with Gasteiger partial charge in [-0.3, -0.25) is 4.79 Å². The van der Waals surface area contributed by atoms with E-state index < -0.39 is 6.16 Å². The van der Waals surface area contributed by atoms with E-state index in [0.29, 0.717) is 22.5 Å². The van der Waals surface area contributed by atoms with Gasteiger partial charge in [-0.1, -0.05) is 42.6 Å². The molecule has 0 atom stereocenters. The predicted molar refractivity (Wildman–Crippen MR) is 95.0 cm³/mol. The molecule has 1 amide bonds. The highest BCUT2D eigenvalue weighted by molar-refractivity contribution is 6.35. The van der Waals surface area contributed by atoms with Crippen molar-refractivity contribution < 1.29 is 19.8 Å². The van der Waals surface area contributed by atoms with Gasteiger partial charge in [-0.15, -0.1) is 0 Å². The van der Waals surface area contributed by atoms with Crippen LogP contribution in [0.5, 0.6) is 0 Å². The van der Waals surface area contributed by atoms with E-state index in [2.05, 4.69) is 12.2 Å². The first-order chi connectivity index (χ1) is 11.3. The summed E-state index contributed by atoms with van der Waals surface area (Å²) < 4.78 is 0. The van der Waals surface area contributed by atoms with Crippen LogP contribution in [0.2, 0.25) is 10.0 Å². The lowest BCUT2D eigenvalue weighted by Crippen LogP contribution is -2.38. The van der Waals surface area contributed by atoms with E-state index in [4.69, 9.17) is 38.2 Å². The van der Waals surface area contributed by atoms with Gasteiger partial charge in [0.15, 0.2) is 0 Å². The molecule has 134 valence electrons. The van der Waals surface area contributed by atoms with E-state index in [0.717, 1.165) is 24.3 Å². The molecule has 0 unspecified atom stereocenters. The molecule has 5 nitrogen and oxygen atoms in total. The number of hydrogen-bond acceptors (Lipinski definition) is 2. The molecule has 0 heterocycles. The number of benzene rings is 1. The summed E-state index contributed by atoms with van der Waals surface area (Å²) in [4.78, 5) is 20.6. The minimum Gasteiger partial charge on any atom is -0.450 e. The van der Waals surface area contributed by atoms with Gasteiger partial charge in [-0.2, -0.15) is 0 Å². The van der Waals surface area contributed by atoms with Crippen LogP contribution in [0.15, 0.2) is 18.2 Å². The summed E-state index contributed by atoms with van der Waals surface area (Å²) in [5, 5.41) is 18.2. The van der Waals surface area contributed by atoms with Crippen molar-refractivity contribution in [2.45, 2.75) is 51.5 Å². The summed E-state index contributed by atoms with van der Waals surface area (Å²) in [7, 11) is 0. The zero-order chi connectivity index (χ0) is 18.1. The lowest BCUT2D eigenvalue weighted by atomic mass is 9.84. The minimum absolute atomic E-state index is 0.0502. The Kier molecular flexibility index (Phi) is 8.93. The van der Waals surface area contributed by atoms with Gasteiger partial charge < -0.3 is 15.5 Å². The number of halogens is 2. The number of nitrogens with one attached hydrogen (secondary N) is 1. The fourth-order valence-electron chi connectivity index (χ4n) is 2.83. The fourth-order valence-corrected chi connectivity index (χ4v) is 3.31. The average Bonchev–Trinajstić information content (AvgIpc) is 2.50. The standard InChI is InChI=1S/C16H21Cl2NO.CH2O3/c1-2-11-3-7-14(8-4-11)19-16(20)9-12-5-6-13(17)10-15(12)18;2-1(3)4/h5-6,10-11,14H,2-4,7-9H2,1H3,(H,19,20);(H2,2,3,4). The van der Waals surface area contributed by atoms with Gasteiger partial charge in [-0.05, 0) is 49.3 Å². The second kappa shape index (κ2) is 10.4. The third kappa shape index (κ3) is 7.88. The van der Waals surface area contributed by atoms with Crippen molar-refractivity contribution in [2.24, 2.45) is 5.92 Å². The Bertz CT molecular complexity index is 554. The molecule has 1 aromatic rings. The lowest BCUT2D eigenvalue weighted by Gasteiger charge is -2.28. The number of rotatable bonds is 4. The molecule has 0 spiro atoms. The van der Waals surface area contributed by atoms with Crippen molar-refractivity contribution in [3.63, 3.8) is 0 Å². The van der Waals surface area contributed by atoms with Crippen LogP contribution in [0.1, 0.15) is 44.6 Å². The van der Waals surface area contributed by atoms with E-state index in [-0.39, 0.29) is 5.91 Å². The van der Waals surface area contributed by atoms with E-state index in [1.807, 2.05) is 6.07 Å². The minimum atomic E-state index is -1.83. The molecule has 1 fully saturated rings. The Balaban J connectivity index is 0.000000648. The van der Waals surface area contributed by atoms with Crippen LogP contribution in [0.4, 0.5) is 4.79 Å². The van der Waals surface area contributed by atoms with Crippen LogP contribution < -0.4 is 5.32 Å². The maximum atomic E-state index is 12.1. The van der Waals surface area contributed by atoms with Crippen molar-refractivity contribution in [2.75, 3.05) is 0 Å². The summed E-state index contributed by atoms with van der Waals surface area (Å²) in [5.74, 6) is 0.892. The van der Waals surface area contributed by atoms with Crippen molar-refractivity contribution >= 4 is 35.3 Å². The Hall–Kier alpha value is -1.46. The highest BCUT2D eigenvalue weighted by atomic mass is 35.5. The second-order valence-corrected chi connectivity index (χ2v) is 6.73.